The second-order valence-corrected chi connectivity index (χ2v) is 4.59. The summed E-state index contributed by atoms with van der Waals surface area (Å²) < 4.78 is 0. The fourth-order valence-corrected chi connectivity index (χ4v) is 2.73. The van der Waals surface area contributed by atoms with Gasteiger partial charge in [-0.3, -0.25) is 4.90 Å². The molecular formula is C12H16N4. The van der Waals surface area contributed by atoms with Crippen LogP contribution in [-0.4, -0.2) is 34.5 Å². The molecule has 84 valence electrons. The summed E-state index contributed by atoms with van der Waals surface area (Å²) in [7, 11) is 2.19. The molecule has 2 heterocycles. The maximum atomic E-state index is 5.68. The number of aryl methyl sites for hydroxylation is 1. The Hall–Kier alpha value is -1.42. The Morgan fingerprint density at radius 2 is 2.38 bits per heavy atom. The standard InChI is InChI=1S/C12H16N4/c1-16-6-2-3-9-10(16)5-4-8-7-14-12(13)15-11(8)9/h3,7,10H,2,4-6H2,1H3,(H2,13,14,15). The van der Waals surface area contributed by atoms with Crippen LogP contribution in [0.5, 0.6) is 0 Å². The van der Waals surface area contributed by atoms with Crippen molar-refractivity contribution in [2.24, 2.45) is 0 Å². The minimum absolute atomic E-state index is 0.383. The van der Waals surface area contributed by atoms with E-state index >= 15 is 0 Å². The number of aromatic nitrogens is 2. The van der Waals surface area contributed by atoms with Crippen LogP contribution in [0, 0.1) is 0 Å². The first-order chi connectivity index (χ1) is 7.75. The van der Waals surface area contributed by atoms with E-state index in [-0.39, 0.29) is 0 Å². The van der Waals surface area contributed by atoms with Gasteiger partial charge >= 0.3 is 0 Å². The molecule has 1 aromatic rings. The molecule has 4 heteroatoms. The van der Waals surface area contributed by atoms with Crippen LogP contribution >= 0.6 is 0 Å². The van der Waals surface area contributed by atoms with E-state index in [1.54, 1.807) is 0 Å². The van der Waals surface area contributed by atoms with Crippen molar-refractivity contribution in [2.45, 2.75) is 25.3 Å². The number of nitrogen functional groups attached to an aromatic ring is 1. The van der Waals surface area contributed by atoms with Crippen molar-refractivity contribution >= 4 is 11.5 Å². The van der Waals surface area contributed by atoms with E-state index in [4.69, 9.17) is 5.73 Å². The molecule has 0 bridgehead atoms. The Kier molecular flexibility index (Phi) is 2.17. The number of fused-ring (bicyclic) bond motifs is 3. The van der Waals surface area contributed by atoms with Crippen LogP contribution in [0.15, 0.2) is 12.3 Å². The van der Waals surface area contributed by atoms with Crippen LogP contribution in [-0.2, 0) is 6.42 Å². The van der Waals surface area contributed by atoms with Gasteiger partial charge in [0.05, 0.1) is 5.69 Å². The molecule has 4 nitrogen and oxygen atoms in total. The van der Waals surface area contributed by atoms with Crippen molar-refractivity contribution in [2.75, 3.05) is 19.3 Å². The quantitative estimate of drug-likeness (QED) is 0.705. The average molecular weight is 216 g/mol. The van der Waals surface area contributed by atoms with Gasteiger partial charge < -0.3 is 5.73 Å². The van der Waals surface area contributed by atoms with E-state index < -0.39 is 0 Å². The molecule has 0 saturated heterocycles. The van der Waals surface area contributed by atoms with E-state index in [1.807, 2.05) is 6.20 Å². The van der Waals surface area contributed by atoms with E-state index in [2.05, 4.69) is 28.0 Å². The molecule has 0 amide bonds. The third-order valence-electron chi connectivity index (χ3n) is 3.58. The summed E-state index contributed by atoms with van der Waals surface area (Å²) in [5.41, 5.74) is 9.35. The first kappa shape index (κ1) is 9.78. The summed E-state index contributed by atoms with van der Waals surface area (Å²) in [6.45, 7) is 1.14. The van der Waals surface area contributed by atoms with Gasteiger partial charge in [0, 0.05) is 18.8 Å². The van der Waals surface area contributed by atoms with E-state index in [1.165, 1.54) is 17.6 Å². The molecule has 16 heavy (non-hydrogen) atoms. The molecular weight excluding hydrogens is 200 g/mol. The highest BCUT2D eigenvalue weighted by atomic mass is 15.1. The van der Waals surface area contributed by atoms with Crippen molar-refractivity contribution in [3.63, 3.8) is 0 Å². The minimum atomic E-state index is 0.383. The van der Waals surface area contributed by atoms with Crippen molar-refractivity contribution in [1.29, 1.82) is 0 Å². The molecule has 1 aromatic heterocycles. The monoisotopic (exact) mass is 216 g/mol. The maximum absolute atomic E-state index is 5.68. The summed E-state index contributed by atoms with van der Waals surface area (Å²) in [6, 6.07) is 0.524. The predicted octanol–water partition coefficient (Wildman–Crippen LogP) is 1.09. The lowest BCUT2D eigenvalue weighted by atomic mass is 9.85. The lowest BCUT2D eigenvalue weighted by Gasteiger charge is -2.37. The second kappa shape index (κ2) is 3.56. The number of anilines is 1. The highest BCUT2D eigenvalue weighted by Gasteiger charge is 2.30. The van der Waals surface area contributed by atoms with Crippen molar-refractivity contribution < 1.29 is 0 Å². The van der Waals surface area contributed by atoms with Crippen molar-refractivity contribution in [1.82, 2.24) is 14.9 Å². The van der Waals surface area contributed by atoms with Gasteiger partial charge in [0.1, 0.15) is 0 Å². The third kappa shape index (κ3) is 1.41. The van der Waals surface area contributed by atoms with Crippen LogP contribution < -0.4 is 5.73 Å². The van der Waals surface area contributed by atoms with Gasteiger partial charge in [-0.25, -0.2) is 9.97 Å². The minimum Gasteiger partial charge on any atom is -0.368 e. The highest BCUT2D eigenvalue weighted by Crippen LogP contribution is 2.34. The Labute approximate surface area is 95.2 Å². The molecule has 0 aromatic carbocycles. The molecule has 0 fully saturated rings. The van der Waals surface area contributed by atoms with E-state index in [0.29, 0.717) is 12.0 Å². The molecule has 0 saturated carbocycles. The first-order valence-electron chi connectivity index (χ1n) is 5.78. The third-order valence-corrected chi connectivity index (χ3v) is 3.58. The summed E-state index contributed by atoms with van der Waals surface area (Å²) in [5, 5.41) is 0. The predicted molar refractivity (Wildman–Crippen MR) is 63.8 cm³/mol. The molecule has 0 spiro atoms. The zero-order chi connectivity index (χ0) is 11.1. The average Bonchev–Trinajstić information content (AvgIpc) is 2.29. The van der Waals surface area contributed by atoms with E-state index in [9.17, 15) is 0 Å². The van der Waals surface area contributed by atoms with Gasteiger partial charge in [0.25, 0.3) is 0 Å². The molecule has 1 atom stereocenters. The largest absolute Gasteiger partial charge is 0.368 e. The highest BCUT2D eigenvalue weighted by molar-refractivity contribution is 5.72. The van der Waals surface area contributed by atoms with Gasteiger partial charge in [0.2, 0.25) is 5.95 Å². The van der Waals surface area contributed by atoms with Crippen LogP contribution in [0.1, 0.15) is 24.1 Å². The van der Waals surface area contributed by atoms with Gasteiger partial charge in [-0.1, -0.05) is 6.08 Å². The number of nitrogens with zero attached hydrogens (tertiary/aromatic N) is 3. The van der Waals surface area contributed by atoms with Gasteiger partial charge in [-0.15, -0.1) is 0 Å². The number of likely N-dealkylation sites (N-methyl/N-ethyl adjacent to an activating group) is 1. The smallest absolute Gasteiger partial charge is 0.220 e. The lowest BCUT2D eigenvalue weighted by molar-refractivity contribution is 0.268. The second-order valence-electron chi connectivity index (χ2n) is 4.59. The summed E-state index contributed by atoms with van der Waals surface area (Å²) in [4.78, 5) is 10.9. The summed E-state index contributed by atoms with van der Waals surface area (Å²) in [5.74, 6) is 0.383. The summed E-state index contributed by atoms with van der Waals surface area (Å²) >= 11 is 0. The van der Waals surface area contributed by atoms with Gasteiger partial charge in [0.15, 0.2) is 0 Å². The topological polar surface area (TPSA) is 55.0 Å². The number of nitrogens with two attached hydrogens (primary N) is 1. The van der Waals surface area contributed by atoms with Crippen molar-refractivity contribution in [3.8, 4) is 0 Å². The van der Waals surface area contributed by atoms with Crippen LogP contribution in [0.25, 0.3) is 5.57 Å². The van der Waals surface area contributed by atoms with Crippen molar-refractivity contribution in [3.05, 3.63) is 23.5 Å². The normalized spacial score (nSPS) is 24.6. The zero-order valence-electron chi connectivity index (χ0n) is 9.48. The summed E-state index contributed by atoms with van der Waals surface area (Å²) in [6.07, 6.45) is 7.52. The van der Waals surface area contributed by atoms with E-state index in [0.717, 1.165) is 25.1 Å². The number of hydrogen-bond donors (Lipinski definition) is 1. The Bertz CT molecular complexity index is 452. The van der Waals surface area contributed by atoms with Crippen LogP contribution in [0.2, 0.25) is 0 Å². The van der Waals surface area contributed by atoms with Crippen LogP contribution in [0.4, 0.5) is 5.95 Å². The first-order valence-corrected chi connectivity index (χ1v) is 5.78. The molecule has 2 aliphatic rings. The molecule has 2 N–H and O–H groups in total. The number of rotatable bonds is 0. The molecule has 1 aliphatic heterocycles. The SMILES string of the molecule is CN1CCC=C2c3nc(N)ncc3CCC21. The fourth-order valence-electron chi connectivity index (χ4n) is 2.73. The Morgan fingerprint density at radius 3 is 3.25 bits per heavy atom. The molecule has 3 rings (SSSR count). The zero-order valence-corrected chi connectivity index (χ0v) is 9.48. The maximum Gasteiger partial charge on any atom is 0.220 e. The van der Waals surface area contributed by atoms with Gasteiger partial charge in [-0.2, -0.15) is 0 Å². The molecule has 1 unspecified atom stereocenters. The Balaban J connectivity index is 2.11. The molecule has 1 aliphatic carbocycles. The Morgan fingerprint density at radius 1 is 1.50 bits per heavy atom. The van der Waals surface area contributed by atoms with Crippen LogP contribution in [0.3, 0.4) is 0 Å². The molecule has 0 radical (unpaired) electrons. The fraction of sp³-hybridized carbons (Fsp3) is 0.500. The lowest BCUT2D eigenvalue weighted by Crippen LogP contribution is -2.39. The van der Waals surface area contributed by atoms with Gasteiger partial charge in [-0.05, 0) is 37.4 Å². The number of hydrogen-bond acceptors (Lipinski definition) is 4.